The van der Waals surface area contributed by atoms with Gasteiger partial charge in [-0.15, -0.1) is 11.3 Å². The Morgan fingerprint density at radius 3 is 2.83 bits per heavy atom. The Hall–Kier alpha value is -1.14. The Kier molecular flexibility index (Phi) is 4.54. The predicted octanol–water partition coefficient (Wildman–Crippen LogP) is 2.63. The van der Waals surface area contributed by atoms with E-state index in [0.717, 1.165) is 16.6 Å². The number of hydrazine groups is 1. The molecular weight excluding hydrogens is 316 g/mol. The molecule has 0 aromatic carbocycles. The molecule has 0 spiro atoms. The highest BCUT2D eigenvalue weighted by molar-refractivity contribution is 9.11. The van der Waals surface area contributed by atoms with Crippen molar-refractivity contribution in [3.63, 3.8) is 0 Å². The topological polar surface area (TPSA) is 58.2 Å². The Labute approximate surface area is 118 Å². The molecule has 1 aromatic rings. The Balaban J connectivity index is 1.75. The van der Waals surface area contributed by atoms with Gasteiger partial charge in [0.15, 0.2) is 0 Å². The minimum atomic E-state index is -0.291. The van der Waals surface area contributed by atoms with Gasteiger partial charge in [0.2, 0.25) is 5.91 Å². The van der Waals surface area contributed by atoms with Crippen LogP contribution in [0.2, 0.25) is 0 Å². The quantitative estimate of drug-likeness (QED) is 0.662. The molecule has 1 aliphatic rings. The van der Waals surface area contributed by atoms with Gasteiger partial charge in [-0.3, -0.25) is 20.4 Å². The first-order chi connectivity index (χ1) is 8.65. The van der Waals surface area contributed by atoms with Crippen molar-refractivity contribution in [3.8, 4) is 0 Å². The average molecular weight is 329 g/mol. The van der Waals surface area contributed by atoms with Crippen LogP contribution in [0.5, 0.6) is 0 Å². The number of amides is 2. The normalized spacial score (nSPS) is 17.7. The number of rotatable bonds is 3. The second-order valence-corrected chi connectivity index (χ2v) is 6.54. The van der Waals surface area contributed by atoms with Crippen molar-refractivity contribution in [2.75, 3.05) is 0 Å². The maximum Gasteiger partial charge on any atom is 0.279 e. The molecule has 2 N–H and O–H groups in total. The highest BCUT2D eigenvalue weighted by atomic mass is 79.9. The fourth-order valence-corrected chi connectivity index (χ4v) is 3.06. The molecule has 1 unspecified atom stereocenters. The van der Waals surface area contributed by atoms with Crippen molar-refractivity contribution in [3.05, 3.63) is 32.9 Å². The molecule has 1 heterocycles. The van der Waals surface area contributed by atoms with Gasteiger partial charge in [0, 0.05) is 6.42 Å². The lowest BCUT2D eigenvalue weighted by molar-refractivity contribution is -0.122. The second kappa shape index (κ2) is 6.15. The lowest BCUT2D eigenvalue weighted by atomic mass is 10.1. The molecule has 0 radical (unpaired) electrons. The maximum absolute atomic E-state index is 11.6. The smallest absolute Gasteiger partial charge is 0.273 e. The molecule has 2 rings (SSSR count). The van der Waals surface area contributed by atoms with Gasteiger partial charge in [-0.2, -0.15) is 0 Å². The molecule has 0 saturated heterocycles. The summed E-state index contributed by atoms with van der Waals surface area (Å²) in [5.74, 6) is -0.144. The standard InChI is InChI=1S/C12H13BrN2O2S/c13-10-6-5-9(18-10)12(17)15-14-11(16)7-8-3-1-2-4-8/h1,3,5-6,8H,2,4,7H2,(H,14,16)(H,15,17). The number of halogens is 1. The van der Waals surface area contributed by atoms with Crippen LogP contribution < -0.4 is 10.9 Å². The van der Waals surface area contributed by atoms with Crippen molar-refractivity contribution in [1.82, 2.24) is 10.9 Å². The number of carbonyl (C=O) groups is 2. The first-order valence-corrected chi connectivity index (χ1v) is 7.27. The molecule has 1 aliphatic carbocycles. The summed E-state index contributed by atoms with van der Waals surface area (Å²) in [5.41, 5.74) is 4.85. The third-order valence-corrected chi connectivity index (χ3v) is 4.29. The first-order valence-electron chi connectivity index (χ1n) is 5.66. The summed E-state index contributed by atoms with van der Waals surface area (Å²) in [7, 11) is 0. The lowest BCUT2D eigenvalue weighted by Gasteiger charge is -2.09. The minimum absolute atomic E-state index is 0.157. The minimum Gasteiger partial charge on any atom is -0.273 e. The van der Waals surface area contributed by atoms with E-state index in [1.54, 1.807) is 12.1 Å². The van der Waals surface area contributed by atoms with Crippen LogP contribution in [0.1, 0.15) is 28.9 Å². The summed E-state index contributed by atoms with van der Waals surface area (Å²) in [6.07, 6.45) is 6.61. The van der Waals surface area contributed by atoms with Crippen molar-refractivity contribution >= 4 is 39.1 Å². The van der Waals surface area contributed by atoms with E-state index in [4.69, 9.17) is 0 Å². The fourth-order valence-electron chi connectivity index (χ4n) is 1.78. The van der Waals surface area contributed by atoms with Crippen LogP contribution in [0.4, 0.5) is 0 Å². The van der Waals surface area contributed by atoms with Gasteiger partial charge in [-0.1, -0.05) is 12.2 Å². The molecule has 0 fully saturated rings. The van der Waals surface area contributed by atoms with E-state index in [1.807, 2.05) is 0 Å². The van der Waals surface area contributed by atoms with Crippen LogP contribution in [0.25, 0.3) is 0 Å². The van der Waals surface area contributed by atoms with E-state index >= 15 is 0 Å². The van der Waals surface area contributed by atoms with Gasteiger partial charge in [0.25, 0.3) is 5.91 Å². The Bertz CT molecular complexity index is 484. The zero-order chi connectivity index (χ0) is 13.0. The van der Waals surface area contributed by atoms with E-state index < -0.39 is 0 Å². The summed E-state index contributed by atoms with van der Waals surface area (Å²) in [6, 6.07) is 3.50. The molecule has 0 saturated carbocycles. The van der Waals surface area contributed by atoms with Crippen LogP contribution in [0.3, 0.4) is 0 Å². The summed E-state index contributed by atoms with van der Waals surface area (Å²) in [4.78, 5) is 23.8. The SMILES string of the molecule is O=C(CC1C=CCC1)NNC(=O)c1ccc(Br)s1. The highest BCUT2D eigenvalue weighted by Gasteiger charge is 2.15. The zero-order valence-corrected chi connectivity index (χ0v) is 12.0. The molecule has 2 amide bonds. The largest absolute Gasteiger partial charge is 0.279 e. The molecule has 0 aliphatic heterocycles. The molecule has 18 heavy (non-hydrogen) atoms. The van der Waals surface area contributed by atoms with Crippen LogP contribution in [-0.4, -0.2) is 11.8 Å². The molecule has 1 atom stereocenters. The van der Waals surface area contributed by atoms with Gasteiger partial charge >= 0.3 is 0 Å². The molecule has 6 heteroatoms. The number of hydrogen-bond acceptors (Lipinski definition) is 3. The van der Waals surface area contributed by atoms with Crippen LogP contribution in [0.15, 0.2) is 28.1 Å². The van der Waals surface area contributed by atoms with Crippen LogP contribution >= 0.6 is 27.3 Å². The molecule has 0 bridgehead atoms. The summed E-state index contributed by atoms with van der Waals surface area (Å²) in [5, 5.41) is 0. The summed E-state index contributed by atoms with van der Waals surface area (Å²) in [6.45, 7) is 0. The second-order valence-electron chi connectivity index (χ2n) is 4.08. The van der Waals surface area contributed by atoms with Gasteiger partial charge in [0.1, 0.15) is 0 Å². The van der Waals surface area contributed by atoms with E-state index in [0.29, 0.717) is 17.2 Å². The van der Waals surface area contributed by atoms with Crippen molar-refractivity contribution < 1.29 is 9.59 Å². The third kappa shape index (κ3) is 3.68. The number of hydrogen-bond donors (Lipinski definition) is 2. The molecular formula is C12H13BrN2O2S. The third-order valence-electron chi connectivity index (χ3n) is 2.67. The molecule has 1 aromatic heterocycles. The average Bonchev–Trinajstić information content (AvgIpc) is 2.97. The number of carbonyl (C=O) groups excluding carboxylic acids is 2. The lowest BCUT2D eigenvalue weighted by Crippen LogP contribution is -2.41. The van der Waals surface area contributed by atoms with Gasteiger partial charge in [0.05, 0.1) is 8.66 Å². The summed E-state index contributed by atoms with van der Waals surface area (Å²) >= 11 is 4.60. The predicted molar refractivity (Wildman–Crippen MR) is 74.1 cm³/mol. The van der Waals surface area contributed by atoms with Gasteiger partial charge in [-0.05, 0) is 46.8 Å². The maximum atomic E-state index is 11.6. The highest BCUT2D eigenvalue weighted by Crippen LogP contribution is 2.22. The number of allylic oxidation sites excluding steroid dienone is 2. The van der Waals surface area contributed by atoms with E-state index in [2.05, 4.69) is 38.9 Å². The van der Waals surface area contributed by atoms with Crippen LogP contribution in [-0.2, 0) is 4.79 Å². The monoisotopic (exact) mass is 328 g/mol. The van der Waals surface area contributed by atoms with Crippen molar-refractivity contribution in [2.45, 2.75) is 19.3 Å². The number of thiophene rings is 1. The summed E-state index contributed by atoms with van der Waals surface area (Å²) < 4.78 is 0.884. The Morgan fingerprint density at radius 2 is 2.22 bits per heavy atom. The van der Waals surface area contributed by atoms with Crippen molar-refractivity contribution in [2.24, 2.45) is 5.92 Å². The van der Waals surface area contributed by atoms with Gasteiger partial charge < -0.3 is 0 Å². The van der Waals surface area contributed by atoms with E-state index in [9.17, 15) is 9.59 Å². The molecule has 96 valence electrons. The first kappa shape index (κ1) is 13.3. The molecule has 4 nitrogen and oxygen atoms in total. The van der Waals surface area contributed by atoms with Gasteiger partial charge in [-0.25, -0.2) is 0 Å². The van der Waals surface area contributed by atoms with E-state index in [1.165, 1.54) is 11.3 Å². The van der Waals surface area contributed by atoms with Crippen molar-refractivity contribution in [1.29, 1.82) is 0 Å². The van der Waals surface area contributed by atoms with E-state index in [-0.39, 0.29) is 11.8 Å². The Morgan fingerprint density at radius 1 is 1.39 bits per heavy atom. The fraction of sp³-hybridized carbons (Fsp3) is 0.333. The zero-order valence-electron chi connectivity index (χ0n) is 9.61. The van der Waals surface area contributed by atoms with Crippen LogP contribution in [0, 0.1) is 5.92 Å². The number of nitrogens with one attached hydrogen (secondary N) is 2.